The van der Waals surface area contributed by atoms with Crippen molar-refractivity contribution in [3.05, 3.63) is 35.3 Å². The van der Waals surface area contributed by atoms with E-state index in [4.69, 9.17) is 11.6 Å². The Kier molecular flexibility index (Phi) is 2.80. The number of aromatic nitrogens is 4. The molecule has 1 atom stereocenters. The number of hydrazine groups is 1. The number of aromatic amines is 1. The number of pyridine rings is 1. The Labute approximate surface area is 92.2 Å². The standard InChI is InChI=1S/C9H13N7/c1-5-2-6(9(10)12-3-5)8(14-11)7-4-13-16-15-7/h2-4,8,14H,11H2,1H3,(H2,10,12)(H,13,15,16). The van der Waals surface area contributed by atoms with Crippen molar-refractivity contribution in [2.24, 2.45) is 5.84 Å². The normalized spacial score (nSPS) is 12.6. The monoisotopic (exact) mass is 219 g/mol. The van der Waals surface area contributed by atoms with Crippen molar-refractivity contribution < 1.29 is 0 Å². The summed E-state index contributed by atoms with van der Waals surface area (Å²) in [5.41, 5.74) is 10.9. The number of nitrogens with zero attached hydrogens (tertiary/aromatic N) is 3. The van der Waals surface area contributed by atoms with Crippen LogP contribution >= 0.6 is 0 Å². The molecule has 0 fully saturated rings. The molecule has 0 aliphatic carbocycles. The molecule has 0 amide bonds. The number of aryl methyl sites for hydroxylation is 1. The Balaban J connectivity index is 2.44. The van der Waals surface area contributed by atoms with E-state index >= 15 is 0 Å². The van der Waals surface area contributed by atoms with Crippen LogP contribution in [0.25, 0.3) is 0 Å². The van der Waals surface area contributed by atoms with Crippen LogP contribution in [0.1, 0.15) is 22.9 Å². The van der Waals surface area contributed by atoms with Crippen LogP contribution in [0.5, 0.6) is 0 Å². The summed E-state index contributed by atoms with van der Waals surface area (Å²) >= 11 is 0. The molecule has 0 spiro atoms. The van der Waals surface area contributed by atoms with Crippen molar-refractivity contribution >= 4 is 5.82 Å². The highest BCUT2D eigenvalue weighted by Crippen LogP contribution is 2.23. The predicted molar refractivity (Wildman–Crippen MR) is 58.9 cm³/mol. The van der Waals surface area contributed by atoms with Crippen LogP contribution in [0.4, 0.5) is 5.82 Å². The molecule has 84 valence electrons. The second-order valence-electron chi connectivity index (χ2n) is 3.48. The molecule has 2 aromatic heterocycles. The first-order valence-electron chi connectivity index (χ1n) is 4.76. The summed E-state index contributed by atoms with van der Waals surface area (Å²) < 4.78 is 0. The van der Waals surface area contributed by atoms with Gasteiger partial charge in [-0.1, -0.05) is 0 Å². The van der Waals surface area contributed by atoms with Gasteiger partial charge in [0.25, 0.3) is 0 Å². The third kappa shape index (κ3) is 1.86. The Hall–Kier alpha value is -1.99. The quantitative estimate of drug-likeness (QED) is 0.413. The number of hydrogen-bond donors (Lipinski definition) is 4. The van der Waals surface area contributed by atoms with Crippen LogP contribution in [-0.4, -0.2) is 20.4 Å². The molecule has 2 aromatic rings. The molecule has 2 rings (SSSR count). The van der Waals surface area contributed by atoms with Crippen molar-refractivity contribution in [2.45, 2.75) is 13.0 Å². The van der Waals surface area contributed by atoms with Crippen molar-refractivity contribution in [1.82, 2.24) is 25.8 Å². The largest absolute Gasteiger partial charge is 0.383 e. The van der Waals surface area contributed by atoms with E-state index in [2.05, 4.69) is 25.8 Å². The average Bonchev–Trinajstić information content (AvgIpc) is 2.78. The summed E-state index contributed by atoms with van der Waals surface area (Å²) in [6.45, 7) is 1.94. The smallest absolute Gasteiger partial charge is 0.128 e. The van der Waals surface area contributed by atoms with Crippen LogP contribution < -0.4 is 17.0 Å². The van der Waals surface area contributed by atoms with E-state index < -0.39 is 0 Å². The third-order valence-electron chi connectivity index (χ3n) is 2.29. The lowest BCUT2D eigenvalue weighted by molar-refractivity contribution is 0.618. The molecule has 0 saturated carbocycles. The van der Waals surface area contributed by atoms with E-state index in [-0.39, 0.29) is 6.04 Å². The maximum absolute atomic E-state index is 5.81. The summed E-state index contributed by atoms with van der Waals surface area (Å²) in [6, 6.07) is 1.60. The summed E-state index contributed by atoms with van der Waals surface area (Å²) in [5.74, 6) is 5.93. The zero-order valence-electron chi connectivity index (χ0n) is 8.81. The number of H-pyrrole nitrogens is 1. The van der Waals surface area contributed by atoms with E-state index in [9.17, 15) is 0 Å². The van der Waals surface area contributed by atoms with E-state index in [1.807, 2.05) is 13.0 Å². The van der Waals surface area contributed by atoms with Crippen LogP contribution in [0.2, 0.25) is 0 Å². The lowest BCUT2D eigenvalue weighted by atomic mass is 10.0. The number of nitrogen functional groups attached to an aromatic ring is 1. The molecular formula is C9H13N7. The number of rotatable bonds is 3. The molecule has 16 heavy (non-hydrogen) atoms. The Morgan fingerprint density at radius 2 is 2.25 bits per heavy atom. The van der Waals surface area contributed by atoms with Crippen molar-refractivity contribution in [1.29, 1.82) is 0 Å². The lowest BCUT2D eigenvalue weighted by Crippen LogP contribution is -2.30. The minimum absolute atomic E-state index is 0.314. The number of nitrogens with two attached hydrogens (primary N) is 2. The second-order valence-corrected chi connectivity index (χ2v) is 3.48. The first-order chi connectivity index (χ1) is 7.72. The molecule has 0 radical (unpaired) electrons. The van der Waals surface area contributed by atoms with Gasteiger partial charge in [-0.3, -0.25) is 5.84 Å². The molecule has 1 unspecified atom stereocenters. The van der Waals surface area contributed by atoms with Crippen molar-refractivity contribution in [3.8, 4) is 0 Å². The molecule has 2 heterocycles. The Morgan fingerprint density at radius 1 is 1.44 bits per heavy atom. The fourth-order valence-electron chi connectivity index (χ4n) is 1.52. The van der Waals surface area contributed by atoms with Crippen LogP contribution in [0, 0.1) is 6.92 Å². The number of anilines is 1. The summed E-state index contributed by atoms with van der Waals surface area (Å²) in [7, 11) is 0. The minimum atomic E-state index is -0.314. The van der Waals surface area contributed by atoms with Gasteiger partial charge in [0.15, 0.2) is 0 Å². The first kappa shape index (κ1) is 10.5. The fraction of sp³-hybridized carbons (Fsp3) is 0.222. The topological polar surface area (TPSA) is 119 Å². The fourth-order valence-corrected chi connectivity index (χ4v) is 1.52. The van der Waals surface area contributed by atoms with Gasteiger partial charge in [0.1, 0.15) is 11.5 Å². The molecule has 0 bridgehead atoms. The molecule has 0 saturated heterocycles. The maximum atomic E-state index is 5.81. The van der Waals surface area contributed by atoms with Crippen LogP contribution in [0.3, 0.4) is 0 Å². The van der Waals surface area contributed by atoms with E-state index in [0.717, 1.165) is 11.1 Å². The molecule has 6 N–H and O–H groups in total. The highest BCUT2D eigenvalue weighted by atomic mass is 15.3. The summed E-state index contributed by atoms with van der Waals surface area (Å²) in [5, 5.41) is 10.2. The Morgan fingerprint density at radius 3 is 2.88 bits per heavy atom. The van der Waals surface area contributed by atoms with Crippen molar-refractivity contribution in [2.75, 3.05) is 5.73 Å². The third-order valence-corrected chi connectivity index (χ3v) is 2.29. The van der Waals surface area contributed by atoms with E-state index in [0.29, 0.717) is 11.5 Å². The van der Waals surface area contributed by atoms with Gasteiger partial charge >= 0.3 is 0 Å². The first-order valence-corrected chi connectivity index (χ1v) is 4.76. The zero-order valence-corrected chi connectivity index (χ0v) is 8.81. The van der Waals surface area contributed by atoms with E-state index in [1.165, 1.54) is 0 Å². The molecule has 0 aliphatic rings. The highest BCUT2D eigenvalue weighted by Gasteiger charge is 2.18. The molecule has 0 aliphatic heterocycles. The summed E-state index contributed by atoms with van der Waals surface area (Å²) in [6.07, 6.45) is 3.29. The minimum Gasteiger partial charge on any atom is -0.383 e. The predicted octanol–water partition coefficient (Wildman–Crippen LogP) is -0.357. The van der Waals surface area contributed by atoms with Gasteiger partial charge in [0, 0.05) is 11.8 Å². The van der Waals surface area contributed by atoms with Gasteiger partial charge in [-0.2, -0.15) is 15.4 Å². The second kappa shape index (κ2) is 4.25. The summed E-state index contributed by atoms with van der Waals surface area (Å²) in [4.78, 5) is 4.08. The van der Waals surface area contributed by atoms with Crippen LogP contribution in [-0.2, 0) is 0 Å². The maximum Gasteiger partial charge on any atom is 0.128 e. The number of nitrogens with one attached hydrogen (secondary N) is 2. The zero-order chi connectivity index (χ0) is 11.5. The van der Waals surface area contributed by atoms with Gasteiger partial charge in [-0.05, 0) is 18.6 Å². The van der Waals surface area contributed by atoms with Gasteiger partial charge in [0.2, 0.25) is 0 Å². The van der Waals surface area contributed by atoms with Crippen LogP contribution in [0.15, 0.2) is 18.5 Å². The van der Waals surface area contributed by atoms with Gasteiger partial charge in [-0.15, -0.1) is 0 Å². The van der Waals surface area contributed by atoms with E-state index in [1.54, 1.807) is 12.4 Å². The van der Waals surface area contributed by atoms with Gasteiger partial charge < -0.3 is 5.73 Å². The average molecular weight is 219 g/mol. The SMILES string of the molecule is Cc1cnc(N)c(C(NN)c2cn[nH]n2)c1. The van der Waals surface area contributed by atoms with Gasteiger partial charge in [-0.25, -0.2) is 10.4 Å². The molecule has 0 aromatic carbocycles. The molecule has 7 nitrogen and oxygen atoms in total. The lowest BCUT2D eigenvalue weighted by Gasteiger charge is -2.15. The molecular weight excluding hydrogens is 206 g/mol. The van der Waals surface area contributed by atoms with Crippen molar-refractivity contribution in [3.63, 3.8) is 0 Å². The van der Waals surface area contributed by atoms with Gasteiger partial charge in [0.05, 0.1) is 12.2 Å². The highest BCUT2D eigenvalue weighted by molar-refractivity contribution is 5.45. The molecule has 7 heteroatoms. The number of hydrogen-bond acceptors (Lipinski definition) is 6. The Bertz CT molecular complexity index is 465.